The van der Waals surface area contributed by atoms with Gasteiger partial charge in [0.2, 0.25) is 0 Å². The Bertz CT molecular complexity index is 680. The lowest BCUT2D eigenvalue weighted by Gasteiger charge is -2.16. The highest BCUT2D eigenvalue weighted by atomic mass is 16.6. The topological polar surface area (TPSA) is 108 Å². The minimum absolute atomic E-state index is 0.221. The summed E-state index contributed by atoms with van der Waals surface area (Å²) in [4.78, 5) is 12.2. The van der Waals surface area contributed by atoms with Crippen molar-refractivity contribution >= 4 is 17.0 Å². The van der Waals surface area contributed by atoms with E-state index in [0.29, 0.717) is 30.0 Å². The fraction of sp³-hybridized carbons (Fsp3) is 0.462. The largest absolute Gasteiger partial charge is 0.388 e. The maximum atomic E-state index is 10.2. The molecule has 2 aromatic heterocycles. The van der Waals surface area contributed by atoms with Crippen LogP contribution < -0.4 is 5.73 Å². The van der Waals surface area contributed by atoms with Crippen LogP contribution in [-0.2, 0) is 9.47 Å². The molecular formula is C13H15N5O3. The van der Waals surface area contributed by atoms with E-state index in [1.807, 2.05) is 0 Å². The summed E-state index contributed by atoms with van der Waals surface area (Å²) in [6, 6.07) is 0. The molecule has 1 aliphatic rings. The summed E-state index contributed by atoms with van der Waals surface area (Å²) in [6.07, 6.45) is 6.97. The quantitative estimate of drug-likeness (QED) is 0.588. The van der Waals surface area contributed by atoms with Crippen LogP contribution >= 0.6 is 0 Å². The molecule has 1 aliphatic heterocycles. The van der Waals surface area contributed by atoms with Crippen LogP contribution in [0.4, 0.5) is 5.82 Å². The molecule has 0 saturated carbocycles. The van der Waals surface area contributed by atoms with Gasteiger partial charge in [-0.1, -0.05) is 5.92 Å². The molecule has 3 N–H and O–H groups in total. The van der Waals surface area contributed by atoms with Crippen LogP contribution in [0.1, 0.15) is 12.6 Å². The van der Waals surface area contributed by atoms with Gasteiger partial charge in [0.1, 0.15) is 24.6 Å². The highest BCUT2D eigenvalue weighted by Gasteiger charge is 2.36. The Balaban J connectivity index is 1.80. The Morgan fingerprint density at radius 2 is 2.38 bits per heavy atom. The van der Waals surface area contributed by atoms with Crippen molar-refractivity contribution < 1.29 is 14.6 Å². The van der Waals surface area contributed by atoms with Crippen LogP contribution in [0.15, 0.2) is 12.7 Å². The van der Waals surface area contributed by atoms with E-state index in [-0.39, 0.29) is 12.7 Å². The zero-order valence-corrected chi connectivity index (χ0v) is 11.2. The lowest BCUT2D eigenvalue weighted by Crippen LogP contribution is -2.19. The number of nitrogens with zero attached hydrogens (tertiary/aromatic N) is 4. The molecule has 3 rings (SSSR count). The van der Waals surface area contributed by atoms with Gasteiger partial charge in [-0.2, -0.15) is 0 Å². The minimum atomic E-state index is -0.682. The van der Waals surface area contributed by atoms with Crippen LogP contribution in [0, 0.1) is 12.3 Å². The number of nitrogen functional groups attached to an aromatic ring is 1. The van der Waals surface area contributed by atoms with Gasteiger partial charge in [-0.05, 0) is 0 Å². The van der Waals surface area contributed by atoms with Crippen molar-refractivity contribution in [3.63, 3.8) is 0 Å². The van der Waals surface area contributed by atoms with Crippen LogP contribution in [0.2, 0.25) is 0 Å². The zero-order chi connectivity index (χ0) is 14.8. The third kappa shape index (κ3) is 2.54. The van der Waals surface area contributed by atoms with Gasteiger partial charge < -0.3 is 20.3 Å². The molecular weight excluding hydrogens is 274 g/mol. The predicted octanol–water partition coefficient (Wildman–Crippen LogP) is -0.293. The van der Waals surface area contributed by atoms with E-state index in [2.05, 4.69) is 20.9 Å². The van der Waals surface area contributed by atoms with Gasteiger partial charge in [-0.3, -0.25) is 4.57 Å². The number of anilines is 1. The molecule has 1 saturated heterocycles. The monoisotopic (exact) mass is 289 g/mol. The van der Waals surface area contributed by atoms with Gasteiger partial charge in [0.05, 0.1) is 19.0 Å². The molecule has 0 aromatic carbocycles. The maximum absolute atomic E-state index is 10.2. The molecule has 2 aromatic rings. The Morgan fingerprint density at radius 3 is 3.19 bits per heavy atom. The van der Waals surface area contributed by atoms with Crippen LogP contribution in [0.25, 0.3) is 11.2 Å². The Kier molecular flexibility index (Phi) is 3.70. The molecule has 0 amide bonds. The fourth-order valence-corrected chi connectivity index (χ4v) is 2.39. The number of fused-ring (bicyclic) bond motifs is 1. The summed E-state index contributed by atoms with van der Waals surface area (Å²) in [5, 5.41) is 10.2. The highest BCUT2D eigenvalue weighted by Crippen LogP contribution is 2.31. The number of aromatic nitrogens is 4. The van der Waals surface area contributed by atoms with E-state index in [0.717, 1.165) is 0 Å². The summed E-state index contributed by atoms with van der Waals surface area (Å²) in [7, 11) is 0. The summed E-state index contributed by atoms with van der Waals surface area (Å²) < 4.78 is 12.7. The molecule has 3 atom stereocenters. The smallest absolute Gasteiger partial charge is 0.167 e. The number of imidazole rings is 1. The normalized spacial score (nSPS) is 25.2. The lowest BCUT2D eigenvalue weighted by molar-refractivity contribution is -0.0569. The van der Waals surface area contributed by atoms with E-state index in [4.69, 9.17) is 21.6 Å². The van der Waals surface area contributed by atoms with Crippen molar-refractivity contribution in [2.45, 2.75) is 24.9 Å². The van der Waals surface area contributed by atoms with E-state index in [1.54, 1.807) is 4.57 Å². The van der Waals surface area contributed by atoms with Crippen molar-refractivity contribution in [3.8, 4) is 12.3 Å². The summed E-state index contributed by atoms with van der Waals surface area (Å²) in [6.45, 7) is 0.555. The number of hydrogen-bond donors (Lipinski definition) is 2. The molecule has 0 bridgehead atoms. The average molecular weight is 289 g/mol. The summed E-state index contributed by atoms with van der Waals surface area (Å²) >= 11 is 0. The first-order valence-corrected chi connectivity index (χ1v) is 6.48. The van der Waals surface area contributed by atoms with Gasteiger partial charge in [0, 0.05) is 6.42 Å². The van der Waals surface area contributed by atoms with Crippen molar-refractivity contribution in [2.75, 3.05) is 18.9 Å². The molecule has 0 spiro atoms. The van der Waals surface area contributed by atoms with Crippen molar-refractivity contribution in [2.24, 2.45) is 0 Å². The average Bonchev–Trinajstić information content (AvgIpc) is 3.04. The number of ether oxygens (including phenoxy) is 2. The van der Waals surface area contributed by atoms with E-state index in [1.165, 1.54) is 12.7 Å². The number of terminal acetylenes is 1. The van der Waals surface area contributed by atoms with Crippen LogP contribution in [0.5, 0.6) is 0 Å². The van der Waals surface area contributed by atoms with Gasteiger partial charge in [-0.25, -0.2) is 15.0 Å². The summed E-state index contributed by atoms with van der Waals surface area (Å²) in [5.41, 5.74) is 6.75. The van der Waals surface area contributed by atoms with Crippen LogP contribution in [-0.4, -0.2) is 50.0 Å². The molecule has 8 heteroatoms. The van der Waals surface area contributed by atoms with Gasteiger partial charge in [0.25, 0.3) is 0 Å². The van der Waals surface area contributed by atoms with Crippen molar-refractivity contribution in [1.29, 1.82) is 0 Å². The molecule has 3 heterocycles. The maximum Gasteiger partial charge on any atom is 0.167 e. The number of nitrogens with two attached hydrogens (primary N) is 1. The molecule has 1 unspecified atom stereocenters. The van der Waals surface area contributed by atoms with E-state index in [9.17, 15) is 5.11 Å². The number of rotatable bonds is 4. The van der Waals surface area contributed by atoms with E-state index < -0.39 is 12.3 Å². The second-order valence-corrected chi connectivity index (χ2v) is 4.75. The minimum Gasteiger partial charge on any atom is -0.388 e. The zero-order valence-electron chi connectivity index (χ0n) is 11.2. The Hall–Kier alpha value is -2.21. The van der Waals surface area contributed by atoms with Gasteiger partial charge >= 0.3 is 0 Å². The highest BCUT2D eigenvalue weighted by molar-refractivity contribution is 5.81. The molecule has 0 radical (unpaired) electrons. The van der Waals surface area contributed by atoms with Gasteiger partial charge in [-0.15, -0.1) is 6.42 Å². The third-order valence-electron chi connectivity index (χ3n) is 3.32. The standard InChI is InChI=1S/C13H15N5O3/c1-2-3-20-5-8-4-9(19)13(21-8)18-7-17-10-11(14)15-6-16-12(10)18/h1,6-9,13,19H,3-5H2,(H2,14,15,16)/t8?,9-,13-/m1/s1. The first kappa shape index (κ1) is 13.8. The predicted molar refractivity (Wildman–Crippen MR) is 73.9 cm³/mol. The Morgan fingerprint density at radius 1 is 1.52 bits per heavy atom. The second-order valence-electron chi connectivity index (χ2n) is 4.75. The molecule has 8 nitrogen and oxygen atoms in total. The number of aliphatic hydroxyl groups excluding tert-OH is 1. The SMILES string of the molecule is C#CCOCC1C[C@@H](O)[C@H](n2cnc3c(N)ncnc32)O1. The summed E-state index contributed by atoms with van der Waals surface area (Å²) in [5.74, 6) is 2.68. The Labute approximate surface area is 120 Å². The third-order valence-corrected chi connectivity index (χ3v) is 3.32. The molecule has 110 valence electrons. The van der Waals surface area contributed by atoms with Crippen molar-refractivity contribution in [3.05, 3.63) is 12.7 Å². The fourth-order valence-electron chi connectivity index (χ4n) is 2.39. The second kappa shape index (κ2) is 5.65. The molecule has 0 aliphatic carbocycles. The van der Waals surface area contributed by atoms with E-state index >= 15 is 0 Å². The van der Waals surface area contributed by atoms with Crippen LogP contribution in [0.3, 0.4) is 0 Å². The van der Waals surface area contributed by atoms with Gasteiger partial charge in [0.15, 0.2) is 17.7 Å². The molecule has 1 fully saturated rings. The lowest BCUT2D eigenvalue weighted by atomic mass is 10.2. The first-order valence-electron chi connectivity index (χ1n) is 6.48. The van der Waals surface area contributed by atoms with Crippen molar-refractivity contribution in [1.82, 2.24) is 19.5 Å². The number of hydrogen-bond acceptors (Lipinski definition) is 7. The first-order chi connectivity index (χ1) is 10.2. The molecule has 21 heavy (non-hydrogen) atoms. The number of aliphatic hydroxyl groups is 1.